The van der Waals surface area contributed by atoms with Crippen molar-refractivity contribution >= 4 is 5.69 Å². The van der Waals surface area contributed by atoms with E-state index in [1.165, 1.54) is 12.1 Å². The standard InChI is InChI=1S/C10H6N4/c1-14-10-8(5-12)2-7(4-11)3-9(10)6-13/h2-3,14H,1H3. The van der Waals surface area contributed by atoms with Gasteiger partial charge in [-0.1, -0.05) is 0 Å². The van der Waals surface area contributed by atoms with Crippen LogP contribution in [0.4, 0.5) is 5.69 Å². The molecule has 0 heterocycles. The molecule has 1 rings (SSSR count). The number of anilines is 1. The topological polar surface area (TPSA) is 83.4 Å². The van der Waals surface area contributed by atoms with Gasteiger partial charge in [-0.2, -0.15) is 15.8 Å². The number of hydrogen-bond donors (Lipinski definition) is 1. The SMILES string of the molecule is CNc1c(C#N)cc(C#N)cc1C#N. The maximum absolute atomic E-state index is 8.78. The van der Waals surface area contributed by atoms with Crippen molar-refractivity contribution in [3.05, 3.63) is 28.8 Å². The van der Waals surface area contributed by atoms with Crippen LogP contribution in [0.5, 0.6) is 0 Å². The second kappa shape index (κ2) is 3.94. The third kappa shape index (κ3) is 1.48. The van der Waals surface area contributed by atoms with E-state index in [1.54, 1.807) is 7.05 Å². The van der Waals surface area contributed by atoms with Gasteiger partial charge in [0.25, 0.3) is 0 Å². The Hall–Kier alpha value is -2.51. The van der Waals surface area contributed by atoms with E-state index in [4.69, 9.17) is 15.8 Å². The van der Waals surface area contributed by atoms with Crippen molar-refractivity contribution < 1.29 is 0 Å². The minimum absolute atomic E-state index is 0.308. The van der Waals surface area contributed by atoms with Gasteiger partial charge in [0, 0.05) is 7.05 Å². The highest BCUT2D eigenvalue weighted by Gasteiger charge is 2.08. The first-order valence-electron chi connectivity index (χ1n) is 3.83. The van der Waals surface area contributed by atoms with E-state index in [0.717, 1.165) is 0 Å². The lowest BCUT2D eigenvalue weighted by Gasteiger charge is -2.05. The molecule has 0 amide bonds. The highest BCUT2D eigenvalue weighted by atomic mass is 14.8. The maximum atomic E-state index is 8.78. The van der Waals surface area contributed by atoms with Gasteiger partial charge in [0.15, 0.2) is 0 Å². The summed E-state index contributed by atoms with van der Waals surface area (Å²) in [6.45, 7) is 0. The summed E-state index contributed by atoms with van der Waals surface area (Å²) in [5.74, 6) is 0. The lowest BCUT2D eigenvalue weighted by atomic mass is 10.0. The van der Waals surface area contributed by atoms with Crippen LogP contribution in [0, 0.1) is 34.0 Å². The Morgan fingerprint density at radius 2 is 1.50 bits per heavy atom. The van der Waals surface area contributed by atoms with Gasteiger partial charge >= 0.3 is 0 Å². The minimum Gasteiger partial charge on any atom is -0.386 e. The van der Waals surface area contributed by atoms with Crippen molar-refractivity contribution in [2.75, 3.05) is 12.4 Å². The molecule has 0 aliphatic carbocycles. The molecular formula is C10H6N4. The summed E-state index contributed by atoms with van der Waals surface area (Å²) in [4.78, 5) is 0. The lowest BCUT2D eigenvalue weighted by Crippen LogP contribution is -1.97. The lowest BCUT2D eigenvalue weighted by molar-refractivity contribution is 1.38. The minimum atomic E-state index is 0.308. The molecule has 0 bridgehead atoms. The largest absolute Gasteiger partial charge is 0.386 e. The number of nitrogens with zero attached hydrogens (tertiary/aromatic N) is 3. The molecule has 0 atom stereocenters. The van der Waals surface area contributed by atoms with Crippen molar-refractivity contribution in [2.24, 2.45) is 0 Å². The molecule has 0 saturated carbocycles. The van der Waals surface area contributed by atoms with E-state index in [1.807, 2.05) is 18.2 Å². The van der Waals surface area contributed by atoms with E-state index in [-0.39, 0.29) is 0 Å². The molecule has 0 unspecified atom stereocenters. The quantitative estimate of drug-likeness (QED) is 0.710. The molecule has 1 aromatic rings. The van der Waals surface area contributed by atoms with Crippen LogP contribution in [-0.4, -0.2) is 7.05 Å². The molecule has 0 aliphatic rings. The van der Waals surface area contributed by atoms with Crippen molar-refractivity contribution in [3.63, 3.8) is 0 Å². The highest BCUT2D eigenvalue weighted by Crippen LogP contribution is 2.21. The number of nitrogens with one attached hydrogen (secondary N) is 1. The molecule has 0 spiro atoms. The van der Waals surface area contributed by atoms with Crippen molar-refractivity contribution in [2.45, 2.75) is 0 Å². The molecule has 0 radical (unpaired) electrons. The summed E-state index contributed by atoms with van der Waals surface area (Å²) < 4.78 is 0. The normalized spacial score (nSPS) is 8.14. The average molecular weight is 182 g/mol. The fourth-order valence-electron chi connectivity index (χ4n) is 1.15. The van der Waals surface area contributed by atoms with E-state index in [9.17, 15) is 0 Å². The monoisotopic (exact) mass is 182 g/mol. The summed E-state index contributed by atoms with van der Waals surface area (Å²) in [6, 6.07) is 8.66. The van der Waals surface area contributed by atoms with Crippen LogP contribution in [0.3, 0.4) is 0 Å². The van der Waals surface area contributed by atoms with Crippen molar-refractivity contribution in [3.8, 4) is 18.2 Å². The summed E-state index contributed by atoms with van der Waals surface area (Å²) in [7, 11) is 1.63. The number of hydrogen-bond acceptors (Lipinski definition) is 4. The van der Waals surface area contributed by atoms with E-state index >= 15 is 0 Å². The van der Waals surface area contributed by atoms with Crippen LogP contribution in [-0.2, 0) is 0 Å². The molecule has 1 aromatic carbocycles. The molecule has 14 heavy (non-hydrogen) atoms. The Labute approximate surface area is 81.6 Å². The van der Waals surface area contributed by atoms with Crippen LogP contribution in [0.15, 0.2) is 12.1 Å². The number of nitriles is 3. The second-order valence-electron chi connectivity index (χ2n) is 2.53. The molecule has 4 nitrogen and oxygen atoms in total. The molecule has 0 aliphatic heterocycles. The number of rotatable bonds is 1. The Balaban J connectivity index is 3.54. The third-order valence-electron chi connectivity index (χ3n) is 1.76. The third-order valence-corrected chi connectivity index (χ3v) is 1.76. The first kappa shape index (κ1) is 9.58. The zero-order valence-corrected chi connectivity index (χ0v) is 7.50. The van der Waals surface area contributed by atoms with E-state index < -0.39 is 0 Å². The molecule has 0 saturated heterocycles. The van der Waals surface area contributed by atoms with Crippen LogP contribution in [0.1, 0.15) is 16.7 Å². The molecular weight excluding hydrogens is 176 g/mol. The predicted molar refractivity (Wildman–Crippen MR) is 50.1 cm³/mol. The summed E-state index contributed by atoms with van der Waals surface area (Å²) in [6.07, 6.45) is 0. The second-order valence-corrected chi connectivity index (χ2v) is 2.53. The molecule has 0 fully saturated rings. The molecule has 4 heteroatoms. The van der Waals surface area contributed by atoms with Crippen molar-refractivity contribution in [1.82, 2.24) is 0 Å². The highest BCUT2D eigenvalue weighted by molar-refractivity contribution is 5.68. The fraction of sp³-hybridized carbons (Fsp3) is 0.100. The Bertz CT molecular complexity index is 447. The van der Waals surface area contributed by atoms with Crippen molar-refractivity contribution in [1.29, 1.82) is 15.8 Å². The summed E-state index contributed by atoms with van der Waals surface area (Å²) in [5.41, 5.74) is 1.40. The van der Waals surface area contributed by atoms with Gasteiger partial charge in [-0.15, -0.1) is 0 Å². The van der Waals surface area contributed by atoms with Gasteiger partial charge in [-0.3, -0.25) is 0 Å². The molecule has 0 aromatic heterocycles. The molecule has 66 valence electrons. The van der Waals surface area contributed by atoms with Crippen LogP contribution in [0.2, 0.25) is 0 Å². The predicted octanol–water partition coefficient (Wildman–Crippen LogP) is 1.34. The van der Waals surface area contributed by atoms with E-state index in [2.05, 4.69) is 5.32 Å². The van der Waals surface area contributed by atoms with Gasteiger partial charge in [0.05, 0.1) is 28.4 Å². The maximum Gasteiger partial charge on any atom is 0.101 e. The zero-order valence-electron chi connectivity index (χ0n) is 7.50. The van der Waals surface area contributed by atoms with Gasteiger partial charge in [0.1, 0.15) is 12.1 Å². The Kier molecular flexibility index (Phi) is 2.69. The Morgan fingerprint density at radius 3 is 1.79 bits per heavy atom. The fourth-order valence-corrected chi connectivity index (χ4v) is 1.15. The Morgan fingerprint density at radius 1 is 1.00 bits per heavy atom. The summed E-state index contributed by atoms with van der Waals surface area (Å²) in [5, 5.41) is 29.0. The van der Waals surface area contributed by atoms with E-state index in [0.29, 0.717) is 22.4 Å². The molecule has 1 N–H and O–H groups in total. The first-order chi connectivity index (χ1) is 6.76. The first-order valence-corrected chi connectivity index (χ1v) is 3.83. The van der Waals surface area contributed by atoms with Gasteiger partial charge in [-0.05, 0) is 12.1 Å². The van der Waals surface area contributed by atoms with Gasteiger partial charge in [-0.25, -0.2) is 0 Å². The zero-order chi connectivity index (χ0) is 10.6. The van der Waals surface area contributed by atoms with Crippen LogP contribution >= 0.6 is 0 Å². The van der Waals surface area contributed by atoms with Gasteiger partial charge < -0.3 is 5.32 Å². The van der Waals surface area contributed by atoms with Crippen LogP contribution in [0.25, 0.3) is 0 Å². The van der Waals surface area contributed by atoms with Gasteiger partial charge in [0.2, 0.25) is 0 Å². The average Bonchev–Trinajstić information content (AvgIpc) is 2.26. The number of benzene rings is 1. The van der Waals surface area contributed by atoms with Crippen LogP contribution < -0.4 is 5.32 Å². The smallest absolute Gasteiger partial charge is 0.101 e. The summed E-state index contributed by atoms with van der Waals surface area (Å²) >= 11 is 0.